The van der Waals surface area contributed by atoms with Crippen molar-refractivity contribution < 1.29 is 14.3 Å². The second kappa shape index (κ2) is 8.87. The lowest BCUT2D eigenvalue weighted by Crippen LogP contribution is -2.40. The van der Waals surface area contributed by atoms with Gasteiger partial charge in [0, 0.05) is 12.3 Å². The molecular formula is C22H24FN5O2. The van der Waals surface area contributed by atoms with E-state index < -0.39 is 17.4 Å². The van der Waals surface area contributed by atoms with Crippen LogP contribution in [0.4, 0.5) is 32.3 Å². The Morgan fingerprint density at radius 3 is 2.43 bits per heavy atom. The second-order valence-electron chi connectivity index (χ2n) is 7.34. The largest absolute Gasteiger partial charge is 0.388 e. The van der Waals surface area contributed by atoms with Crippen LogP contribution in [0.5, 0.6) is 0 Å². The van der Waals surface area contributed by atoms with E-state index in [9.17, 15) is 14.3 Å². The van der Waals surface area contributed by atoms with Crippen LogP contribution in [0, 0.1) is 5.82 Å². The number of aromatic nitrogens is 2. The number of urea groups is 1. The Hall–Kier alpha value is -3.52. The number of nitrogens with one attached hydrogen (secondary N) is 2. The van der Waals surface area contributed by atoms with Crippen LogP contribution in [0.2, 0.25) is 0 Å². The highest BCUT2D eigenvalue weighted by atomic mass is 19.1. The predicted octanol–water partition coefficient (Wildman–Crippen LogP) is 4.56. The number of amides is 2. The lowest BCUT2D eigenvalue weighted by molar-refractivity contribution is 0.0646. The molecule has 0 saturated heterocycles. The third-order valence-corrected chi connectivity index (χ3v) is 4.61. The molecule has 0 fully saturated rings. The third-order valence-electron chi connectivity index (χ3n) is 4.61. The number of hydrogen-bond acceptors (Lipinski definition) is 5. The van der Waals surface area contributed by atoms with Crippen LogP contribution in [0.1, 0.15) is 20.8 Å². The van der Waals surface area contributed by atoms with E-state index in [-0.39, 0.29) is 23.5 Å². The van der Waals surface area contributed by atoms with Gasteiger partial charge in [0.05, 0.1) is 23.0 Å². The van der Waals surface area contributed by atoms with E-state index in [0.717, 1.165) is 0 Å². The molecule has 1 aromatic heterocycles. The number of para-hydroxylation sites is 2. The maximum Gasteiger partial charge on any atom is 0.332 e. The summed E-state index contributed by atoms with van der Waals surface area (Å²) in [6.07, 6.45) is 1.51. The molecule has 2 aromatic carbocycles. The van der Waals surface area contributed by atoms with Gasteiger partial charge in [-0.3, -0.25) is 0 Å². The highest BCUT2D eigenvalue weighted by Gasteiger charge is 2.24. The molecule has 0 aliphatic heterocycles. The number of hydrogen-bond donors (Lipinski definition) is 3. The summed E-state index contributed by atoms with van der Waals surface area (Å²) >= 11 is 0. The zero-order chi connectivity index (χ0) is 21.7. The van der Waals surface area contributed by atoms with Crippen molar-refractivity contribution in [2.75, 3.05) is 15.5 Å². The van der Waals surface area contributed by atoms with Gasteiger partial charge in [-0.1, -0.05) is 30.3 Å². The molecule has 0 radical (unpaired) electrons. The van der Waals surface area contributed by atoms with E-state index in [1.807, 2.05) is 6.07 Å². The fourth-order valence-corrected chi connectivity index (χ4v) is 2.58. The van der Waals surface area contributed by atoms with Crippen LogP contribution >= 0.6 is 0 Å². The van der Waals surface area contributed by atoms with Crippen molar-refractivity contribution in [3.05, 3.63) is 72.7 Å². The molecule has 3 rings (SSSR count). The first-order valence-corrected chi connectivity index (χ1v) is 9.48. The Morgan fingerprint density at radius 1 is 1.10 bits per heavy atom. The number of carbonyl (C=O) groups is 1. The summed E-state index contributed by atoms with van der Waals surface area (Å²) in [5, 5.41) is 15.8. The SMILES string of the molecule is CC(Nc1nccc(N(C(=O)Nc2ccccc2F)c2ccccc2)n1)C(C)(C)O. The number of nitrogens with zero attached hydrogens (tertiary/aromatic N) is 3. The van der Waals surface area contributed by atoms with Crippen molar-refractivity contribution in [3.63, 3.8) is 0 Å². The topological polar surface area (TPSA) is 90.4 Å². The van der Waals surface area contributed by atoms with Gasteiger partial charge in [-0.05, 0) is 45.0 Å². The lowest BCUT2D eigenvalue weighted by atomic mass is 10.0. The number of benzene rings is 2. The van der Waals surface area contributed by atoms with Crippen LogP contribution in [0.3, 0.4) is 0 Å². The van der Waals surface area contributed by atoms with Crippen molar-refractivity contribution in [1.29, 1.82) is 0 Å². The van der Waals surface area contributed by atoms with Gasteiger partial charge < -0.3 is 15.7 Å². The highest BCUT2D eigenvalue weighted by molar-refractivity contribution is 6.06. The molecule has 1 unspecified atom stereocenters. The molecule has 0 bridgehead atoms. The summed E-state index contributed by atoms with van der Waals surface area (Å²) in [6, 6.07) is 15.5. The molecule has 0 saturated carbocycles. The predicted molar refractivity (Wildman–Crippen MR) is 115 cm³/mol. The van der Waals surface area contributed by atoms with Crippen LogP contribution in [-0.2, 0) is 0 Å². The number of rotatable bonds is 6. The normalized spacial score (nSPS) is 12.2. The summed E-state index contributed by atoms with van der Waals surface area (Å²) in [7, 11) is 0. The quantitative estimate of drug-likeness (QED) is 0.555. The number of aliphatic hydroxyl groups is 1. The maximum absolute atomic E-state index is 14.0. The standard InChI is InChI=1S/C22H24FN5O2/c1-15(22(2,3)30)25-20-24-14-13-19(27-20)28(16-9-5-4-6-10-16)21(29)26-18-12-8-7-11-17(18)23/h4-15,30H,1-3H3,(H,26,29)(H,24,25,27). The molecule has 0 aliphatic rings. The van der Waals surface area contributed by atoms with Crippen molar-refractivity contribution in [2.24, 2.45) is 0 Å². The lowest BCUT2D eigenvalue weighted by Gasteiger charge is -2.27. The summed E-state index contributed by atoms with van der Waals surface area (Å²) < 4.78 is 14.0. The Bertz CT molecular complexity index is 1010. The maximum atomic E-state index is 14.0. The number of carbonyl (C=O) groups excluding carboxylic acids is 1. The first-order chi connectivity index (χ1) is 14.3. The molecule has 156 valence electrons. The van der Waals surface area contributed by atoms with Gasteiger partial charge in [-0.15, -0.1) is 0 Å². The van der Waals surface area contributed by atoms with E-state index in [4.69, 9.17) is 0 Å². The molecule has 8 heteroatoms. The first-order valence-electron chi connectivity index (χ1n) is 9.48. The zero-order valence-corrected chi connectivity index (χ0v) is 17.0. The minimum atomic E-state index is -0.999. The van der Waals surface area contributed by atoms with E-state index >= 15 is 0 Å². The minimum Gasteiger partial charge on any atom is -0.388 e. The molecule has 7 nitrogen and oxygen atoms in total. The molecule has 1 atom stereocenters. The van der Waals surface area contributed by atoms with Gasteiger partial charge in [0.15, 0.2) is 0 Å². The molecule has 3 aromatic rings. The van der Waals surface area contributed by atoms with E-state index in [1.165, 1.54) is 23.2 Å². The van der Waals surface area contributed by atoms with Crippen molar-refractivity contribution >= 4 is 29.2 Å². The minimum absolute atomic E-state index is 0.0616. The van der Waals surface area contributed by atoms with Crippen molar-refractivity contribution in [3.8, 4) is 0 Å². The van der Waals surface area contributed by atoms with Gasteiger partial charge in [0.25, 0.3) is 0 Å². The summed E-state index contributed by atoms with van der Waals surface area (Å²) in [4.78, 5) is 23.0. The van der Waals surface area contributed by atoms with E-state index in [2.05, 4.69) is 20.6 Å². The van der Waals surface area contributed by atoms with E-state index in [0.29, 0.717) is 5.69 Å². The fourth-order valence-electron chi connectivity index (χ4n) is 2.58. The Labute approximate surface area is 174 Å². The zero-order valence-electron chi connectivity index (χ0n) is 17.0. The van der Waals surface area contributed by atoms with Crippen LogP contribution in [0.25, 0.3) is 0 Å². The number of halogens is 1. The summed E-state index contributed by atoms with van der Waals surface area (Å²) in [5.41, 5.74) is -0.390. The highest BCUT2D eigenvalue weighted by Crippen LogP contribution is 2.26. The smallest absolute Gasteiger partial charge is 0.332 e. The Kier molecular flexibility index (Phi) is 6.27. The molecule has 1 heterocycles. The van der Waals surface area contributed by atoms with Gasteiger partial charge in [0.2, 0.25) is 5.95 Å². The van der Waals surface area contributed by atoms with Crippen LogP contribution in [-0.4, -0.2) is 32.7 Å². The summed E-state index contributed by atoms with van der Waals surface area (Å²) in [6.45, 7) is 5.15. The average Bonchev–Trinajstić information content (AvgIpc) is 2.70. The molecule has 0 spiro atoms. The monoisotopic (exact) mass is 409 g/mol. The molecule has 3 N–H and O–H groups in total. The summed E-state index contributed by atoms with van der Waals surface area (Å²) in [5.74, 6) is 0.000130. The Morgan fingerprint density at radius 2 is 1.77 bits per heavy atom. The van der Waals surface area contributed by atoms with Gasteiger partial charge in [-0.2, -0.15) is 4.98 Å². The second-order valence-corrected chi connectivity index (χ2v) is 7.34. The molecular weight excluding hydrogens is 385 g/mol. The first kappa shape index (κ1) is 21.2. The van der Waals surface area contributed by atoms with Crippen molar-refractivity contribution in [1.82, 2.24) is 9.97 Å². The third kappa shape index (κ3) is 5.09. The fraction of sp³-hybridized carbons (Fsp3) is 0.227. The molecule has 0 aliphatic carbocycles. The van der Waals surface area contributed by atoms with Gasteiger partial charge in [-0.25, -0.2) is 19.1 Å². The van der Waals surface area contributed by atoms with Gasteiger partial charge in [0.1, 0.15) is 11.6 Å². The number of anilines is 4. The molecule has 30 heavy (non-hydrogen) atoms. The molecule has 2 amide bonds. The van der Waals surface area contributed by atoms with Gasteiger partial charge >= 0.3 is 6.03 Å². The van der Waals surface area contributed by atoms with Crippen molar-refractivity contribution in [2.45, 2.75) is 32.4 Å². The van der Waals surface area contributed by atoms with E-state index in [1.54, 1.807) is 63.2 Å². The van der Waals surface area contributed by atoms with Crippen LogP contribution in [0.15, 0.2) is 66.9 Å². The average molecular weight is 409 g/mol. The van der Waals surface area contributed by atoms with Crippen LogP contribution < -0.4 is 15.5 Å². The Balaban J connectivity index is 1.95.